The fourth-order valence-corrected chi connectivity index (χ4v) is 7.52. The van der Waals surface area contributed by atoms with E-state index >= 15 is 0 Å². The van der Waals surface area contributed by atoms with Crippen LogP contribution >= 0.6 is 0 Å². The summed E-state index contributed by atoms with van der Waals surface area (Å²) in [7, 11) is 0. The topological polar surface area (TPSA) is 21.3 Å². The van der Waals surface area contributed by atoms with Crippen LogP contribution in [0.2, 0.25) is 0 Å². The summed E-state index contributed by atoms with van der Waals surface area (Å²) in [5.74, 6) is 0. The number of hydrogen-bond acceptors (Lipinski definition) is 2. The highest BCUT2D eigenvalue weighted by molar-refractivity contribution is 6.16. The quantitative estimate of drug-likeness (QED) is 0.190. The van der Waals surface area contributed by atoms with Gasteiger partial charge in [0.25, 0.3) is 0 Å². The normalized spacial score (nSPS) is 11.7. The number of hydrogen-bond donors (Lipinski definition) is 0. The van der Waals surface area contributed by atoms with Crippen molar-refractivity contribution in [3.05, 3.63) is 182 Å². The highest BCUT2D eigenvalue weighted by atomic mass is 16.3. The van der Waals surface area contributed by atoms with Crippen LogP contribution in [0.15, 0.2) is 186 Å². The third-order valence-electron chi connectivity index (χ3n) is 9.76. The maximum Gasteiger partial charge on any atom is 0.143 e. The van der Waals surface area contributed by atoms with Gasteiger partial charge in [-0.15, -0.1) is 0 Å². The highest BCUT2D eigenvalue weighted by Gasteiger charge is 2.21. The lowest BCUT2D eigenvalue weighted by molar-refractivity contribution is 0.672. The lowest BCUT2D eigenvalue weighted by Gasteiger charge is -2.27. The third-order valence-corrected chi connectivity index (χ3v) is 9.76. The number of fused-ring (bicyclic) bond motifs is 8. The van der Waals surface area contributed by atoms with Crippen molar-refractivity contribution in [3.63, 3.8) is 0 Å². The van der Waals surface area contributed by atoms with E-state index < -0.39 is 0 Å². The number of benzene rings is 8. The van der Waals surface area contributed by atoms with Crippen LogP contribution in [0.3, 0.4) is 0 Å². The molecule has 2 heterocycles. The fourth-order valence-electron chi connectivity index (χ4n) is 7.52. The Morgan fingerprint density at radius 2 is 1.10 bits per heavy atom. The van der Waals surface area contributed by atoms with Crippen molar-refractivity contribution in [2.24, 2.45) is 0 Å². The van der Waals surface area contributed by atoms with Gasteiger partial charge >= 0.3 is 0 Å². The van der Waals surface area contributed by atoms with Crippen LogP contribution in [0.1, 0.15) is 0 Å². The molecule has 0 aliphatic rings. The lowest BCUT2D eigenvalue weighted by atomic mass is 10.0. The Kier molecular flexibility index (Phi) is 6.18. The van der Waals surface area contributed by atoms with E-state index in [0.29, 0.717) is 0 Å². The van der Waals surface area contributed by atoms with Crippen LogP contribution in [-0.4, -0.2) is 4.57 Å². The summed E-state index contributed by atoms with van der Waals surface area (Å²) in [5, 5.41) is 7.07. The minimum absolute atomic E-state index is 0.906. The summed E-state index contributed by atoms with van der Waals surface area (Å²) in [6, 6.07) is 64.9. The summed E-state index contributed by atoms with van der Waals surface area (Å²) in [6.07, 6.45) is 0. The summed E-state index contributed by atoms with van der Waals surface area (Å²) in [5.41, 5.74) is 11.0. The van der Waals surface area contributed by atoms with Crippen LogP contribution in [-0.2, 0) is 0 Å². The number of rotatable bonds is 5. The molecule has 0 bridgehead atoms. The lowest BCUT2D eigenvalue weighted by Crippen LogP contribution is -2.11. The number of anilines is 3. The molecule has 0 aliphatic heterocycles. The zero-order valence-electron chi connectivity index (χ0n) is 26.6. The first-order chi connectivity index (χ1) is 24.3. The van der Waals surface area contributed by atoms with Crippen LogP contribution in [0.4, 0.5) is 17.1 Å². The van der Waals surface area contributed by atoms with Crippen LogP contribution in [0, 0.1) is 0 Å². The number of aromatic nitrogens is 1. The molecule has 3 heteroatoms. The zero-order valence-corrected chi connectivity index (χ0v) is 26.6. The van der Waals surface area contributed by atoms with E-state index in [9.17, 15) is 0 Å². The molecule has 0 aliphatic carbocycles. The molecule has 0 amide bonds. The summed E-state index contributed by atoms with van der Waals surface area (Å²) in [4.78, 5) is 2.38. The SMILES string of the molecule is c1ccc(N(c2ccc(-c3ccc4oc5c6ccccc6ccc5c4c3)cc2)c2cccc3c4ccccc4n(-c4ccccc4)c23)cc1. The van der Waals surface area contributed by atoms with E-state index in [1.54, 1.807) is 0 Å². The highest BCUT2D eigenvalue weighted by Crippen LogP contribution is 2.44. The van der Waals surface area contributed by atoms with Crippen molar-refractivity contribution in [1.29, 1.82) is 0 Å². The fraction of sp³-hybridized carbons (Fsp3) is 0. The number of nitrogens with zero attached hydrogens (tertiary/aromatic N) is 2. The summed E-state index contributed by atoms with van der Waals surface area (Å²) in [6.45, 7) is 0. The van der Waals surface area contributed by atoms with Gasteiger partial charge in [-0.25, -0.2) is 0 Å². The first kappa shape index (κ1) is 27.5. The predicted molar refractivity (Wildman–Crippen MR) is 206 cm³/mol. The average molecular weight is 627 g/mol. The minimum Gasteiger partial charge on any atom is -0.455 e. The molecule has 0 fully saturated rings. The van der Waals surface area contributed by atoms with Gasteiger partial charge in [-0.3, -0.25) is 0 Å². The molecule has 0 unspecified atom stereocenters. The molecule has 2 aromatic heterocycles. The summed E-state index contributed by atoms with van der Waals surface area (Å²) >= 11 is 0. The Bertz CT molecular complexity index is 2810. The molecule has 3 nitrogen and oxygen atoms in total. The largest absolute Gasteiger partial charge is 0.455 e. The second-order valence-electron chi connectivity index (χ2n) is 12.6. The van der Waals surface area contributed by atoms with Gasteiger partial charge in [-0.1, -0.05) is 115 Å². The Hall–Kier alpha value is -6.58. The van der Waals surface area contributed by atoms with Crippen molar-refractivity contribution < 1.29 is 4.42 Å². The molecule has 8 aromatic carbocycles. The van der Waals surface area contributed by atoms with E-state index in [1.165, 1.54) is 27.2 Å². The molecule has 0 saturated heterocycles. The third kappa shape index (κ3) is 4.37. The van der Waals surface area contributed by atoms with Crippen LogP contribution in [0.25, 0.3) is 71.3 Å². The van der Waals surface area contributed by atoms with Crippen LogP contribution < -0.4 is 4.90 Å². The van der Waals surface area contributed by atoms with Crippen molar-refractivity contribution in [2.75, 3.05) is 4.90 Å². The van der Waals surface area contributed by atoms with E-state index in [4.69, 9.17) is 4.42 Å². The van der Waals surface area contributed by atoms with E-state index in [1.807, 2.05) is 0 Å². The molecule has 0 radical (unpaired) electrons. The minimum atomic E-state index is 0.906. The first-order valence-electron chi connectivity index (χ1n) is 16.7. The second-order valence-corrected chi connectivity index (χ2v) is 12.6. The summed E-state index contributed by atoms with van der Waals surface area (Å²) < 4.78 is 8.80. The Morgan fingerprint density at radius 1 is 0.429 bits per heavy atom. The first-order valence-corrected chi connectivity index (χ1v) is 16.7. The maximum atomic E-state index is 6.39. The Morgan fingerprint density at radius 3 is 1.94 bits per heavy atom. The average Bonchev–Trinajstić information content (AvgIpc) is 3.72. The molecule has 230 valence electrons. The van der Waals surface area contributed by atoms with E-state index in [-0.39, 0.29) is 0 Å². The van der Waals surface area contributed by atoms with Gasteiger partial charge in [0.15, 0.2) is 0 Å². The van der Waals surface area contributed by atoms with Crippen molar-refractivity contribution >= 4 is 71.6 Å². The zero-order chi connectivity index (χ0) is 32.3. The van der Waals surface area contributed by atoms with Gasteiger partial charge in [-0.2, -0.15) is 0 Å². The number of furan rings is 1. The molecule has 0 spiro atoms. The number of para-hydroxylation sites is 4. The van der Waals surface area contributed by atoms with Crippen molar-refractivity contribution in [1.82, 2.24) is 4.57 Å². The van der Waals surface area contributed by atoms with Crippen molar-refractivity contribution in [2.45, 2.75) is 0 Å². The van der Waals surface area contributed by atoms with Crippen molar-refractivity contribution in [3.8, 4) is 16.8 Å². The van der Waals surface area contributed by atoms with Gasteiger partial charge in [0.1, 0.15) is 11.2 Å². The van der Waals surface area contributed by atoms with E-state index in [2.05, 4.69) is 191 Å². The van der Waals surface area contributed by atoms with Gasteiger partial charge in [-0.05, 0) is 83.2 Å². The second kappa shape index (κ2) is 11.0. The maximum absolute atomic E-state index is 6.39. The predicted octanol–water partition coefficient (Wildman–Crippen LogP) is 13.0. The standard InChI is InChI=1S/C46H30N2O/c1-3-13-34(14-4-1)47(43-21-11-19-39-38-18-9-10-20-42(38)48(45(39)43)35-15-5-2-6-16-35)36-26-22-31(23-27-36)33-25-29-44-41(30-33)40-28-24-32-12-7-8-17-37(32)46(40)49-44/h1-30H. The molecule has 10 rings (SSSR count). The molecule has 10 aromatic rings. The van der Waals surface area contributed by atoms with Gasteiger partial charge < -0.3 is 13.9 Å². The molecular weight excluding hydrogens is 597 g/mol. The van der Waals surface area contributed by atoms with Gasteiger partial charge in [0.05, 0.1) is 16.7 Å². The smallest absolute Gasteiger partial charge is 0.143 e. The van der Waals surface area contributed by atoms with Gasteiger partial charge in [0, 0.05) is 44.0 Å². The Balaban J connectivity index is 1.14. The van der Waals surface area contributed by atoms with E-state index in [0.717, 1.165) is 61.2 Å². The molecule has 0 N–H and O–H groups in total. The molecule has 0 saturated carbocycles. The molecule has 0 atom stereocenters. The monoisotopic (exact) mass is 626 g/mol. The van der Waals surface area contributed by atoms with Crippen LogP contribution in [0.5, 0.6) is 0 Å². The molecular formula is C46H30N2O. The molecule has 49 heavy (non-hydrogen) atoms. The van der Waals surface area contributed by atoms with Gasteiger partial charge in [0.2, 0.25) is 0 Å². The Labute approximate surface area is 283 Å².